The molecule has 0 bridgehead atoms. The maximum atomic E-state index is 12.9. The molecule has 28 heavy (non-hydrogen) atoms. The molecule has 0 heterocycles. The standard InChI is InChI=1S/C19H24N2O6S/c1-5-27-19(22)20-17-12-16(10-11-18(17)26-4)28(23,24)21(2)13-14-6-8-15(25-3)9-7-14/h6-12H,5,13H2,1-4H3,(H,20,22). The molecule has 0 aliphatic rings. The van der Waals surface area contributed by atoms with Crippen LogP contribution in [0.25, 0.3) is 0 Å². The summed E-state index contributed by atoms with van der Waals surface area (Å²) in [7, 11) is 0.687. The van der Waals surface area contributed by atoms with Gasteiger partial charge in [0.1, 0.15) is 11.5 Å². The van der Waals surface area contributed by atoms with E-state index in [4.69, 9.17) is 14.2 Å². The normalized spacial score (nSPS) is 11.2. The molecule has 2 rings (SSSR count). The van der Waals surface area contributed by atoms with Gasteiger partial charge in [-0.1, -0.05) is 12.1 Å². The van der Waals surface area contributed by atoms with E-state index in [2.05, 4.69) is 5.32 Å². The Morgan fingerprint density at radius 1 is 1.07 bits per heavy atom. The average Bonchev–Trinajstić information content (AvgIpc) is 2.68. The Balaban J connectivity index is 2.26. The first-order chi connectivity index (χ1) is 13.3. The third kappa shape index (κ3) is 5.14. The van der Waals surface area contributed by atoms with Crippen molar-refractivity contribution in [1.29, 1.82) is 0 Å². The topological polar surface area (TPSA) is 94.2 Å². The third-order valence-corrected chi connectivity index (χ3v) is 5.75. The Labute approximate surface area is 165 Å². The van der Waals surface area contributed by atoms with Gasteiger partial charge in [0, 0.05) is 13.6 Å². The van der Waals surface area contributed by atoms with E-state index in [1.54, 1.807) is 38.3 Å². The van der Waals surface area contributed by atoms with Gasteiger partial charge in [-0.3, -0.25) is 5.32 Å². The number of hydrogen-bond donors (Lipinski definition) is 1. The highest BCUT2D eigenvalue weighted by Crippen LogP contribution is 2.29. The number of methoxy groups -OCH3 is 2. The van der Waals surface area contributed by atoms with Gasteiger partial charge < -0.3 is 14.2 Å². The molecular weight excluding hydrogens is 384 g/mol. The molecule has 1 N–H and O–H groups in total. The van der Waals surface area contributed by atoms with Gasteiger partial charge >= 0.3 is 6.09 Å². The lowest BCUT2D eigenvalue weighted by atomic mass is 10.2. The molecule has 8 nitrogen and oxygen atoms in total. The molecule has 152 valence electrons. The molecule has 1 amide bonds. The fourth-order valence-corrected chi connectivity index (χ4v) is 3.66. The van der Waals surface area contributed by atoms with Gasteiger partial charge in [0.2, 0.25) is 10.0 Å². The zero-order valence-corrected chi connectivity index (χ0v) is 17.1. The Kier molecular flexibility index (Phi) is 7.24. The minimum absolute atomic E-state index is 0.0242. The van der Waals surface area contributed by atoms with Crippen molar-refractivity contribution in [3.05, 3.63) is 48.0 Å². The van der Waals surface area contributed by atoms with Crippen LogP contribution in [0.4, 0.5) is 10.5 Å². The summed E-state index contributed by atoms with van der Waals surface area (Å²) in [5.41, 5.74) is 1.02. The van der Waals surface area contributed by atoms with E-state index < -0.39 is 16.1 Å². The van der Waals surface area contributed by atoms with E-state index in [1.807, 2.05) is 0 Å². The highest BCUT2D eigenvalue weighted by molar-refractivity contribution is 7.89. The van der Waals surface area contributed by atoms with E-state index in [0.29, 0.717) is 11.5 Å². The highest BCUT2D eigenvalue weighted by atomic mass is 32.2. The number of nitrogens with zero attached hydrogens (tertiary/aromatic N) is 1. The summed E-state index contributed by atoms with van der Waals surface area (Å²) in [6, 6.07) is 11.4. The van der Waals surface area contributed by atoms with Crippen molar-refractivity contribution in [1.82, 2.24) is 4.31 Å². The van der Waals surface area contributed by atoms with Crippen LogP contribution in [0.3, 0.4) is 0 Å². The summed E-state index contributed by atoms with van der Waals surface area (Å²) in [6.45, 7) is 2.04. The van der Waals surface area contributed by atoms with Gasteiger partial charge in [-0.25, -0.2) is 13.2 Å². The summed E-state index contributed by atoms with van der Waals surface area (Å²) in [5, 5.41) is 2.49. The molecule has 0 unspecified atom stereocenters. The Morgan fingerprint density at radius 3 is 2.32 bits per heavy atom. The first kappa shape index (κ1) is 21.5. The minimum atomic E-state index is -3.79. The largest absolute Gasteiger partial charge is 0.497 e. The van der Waals surface area contributed by atoms with Gasteiger partial charge in [-0.05, 0) is 42.8 Å². The van der Waals surface area contributed by atoms with Gasteiger partial charge in [0.05, 0.1) is 31.4 Å². The SMILES string of the molecule is CCOC(=O)Nc1cc(S(=O)(=O)N(C)Cc2ccc(OC)cc2)ccc1OC. The summed E-state index contributed by atoms with van der Waals surface area (Å²) >= 11 is 0. The summed E-state index contributed by atoms with van der Waals surface area (Å²) in [5.74, 6) is 1.02. The fourth-order valence-electron chi connectivity index (χ4n) is 2.48. The zero-order chi connectivity index (χ0) is 20.7. The maximum Gasteiger partial charge on any atom is 0.411 e. The molecule has 0 aliphatic heterocycles. The molecule has 2 aromatic carbocycles. The molecular formula is C19H24N2O6S. The third-order valence-electron chi connectivity index (χ3n) is 3.96. The second kappa shape index (κ2) is 9.43. The van der Waals surface area contributed by atoms with Gasteiger partial charge in [0.15, 0.2) is 0 Å². The van der Waals surface area contributed by atoms with Crippen LogP contribution >= 0.6 is 0 Å². The molecule has 0 radical (unpaired) electrons. The molecule has 0 saturated heterocycles. The monoisotopic (exact) mass is 408 g/mol. The second-order valence-corrected chi connectivity index (χ2v) is 7.86. The van der Waals surface area contributed by atoms with Crippen molar-refractivity contribution >= 4 is 21.8 Å². The predicted molar refractivity (Wildman–Crippen MR) is 105 cm³/mol. The first-order valence-corrected chi connectivity index (χ1v) is 9.97. The van der Waals surface area contributed by atoms with Crippen molar-refractivity contribution < 1.29 is 27.4 Å². The Bertz CT molecular complexity index is 913. The number of hydrogen-bond acceptors (Lipinski definition) is 6. The molecule has 0 aromatic heterocycles. The molecule has 0 aliphatic carbocycles. The number of ether oxygens (including phenoxy) is 3. The average molecular weight is 408 g/mol. The van der Waals surface area contributed by atoms with E-state index >= 15 is 0 Å². The molecule has 9 heteroatoms. The number of rotatable bonds is 8. The number of anilines is 1. The lowest BCUT2D eigenvalue weighted by molar-refractivity contribution is 0.168. The van der Waals surface area contributed by atoms with Crippen molar-refractivity contribution in [2.75, 3.05) is 33.2 Å². The number of sulfonamides is 1. The Hall–Kier alpha value is -2.78. The van der Waals surface area contributed by atoms with E-state index in [-0.39, 0.29) is 23.7 Å². The lowest BCUT2D eigenvalue weighted by Gasteiger charge is -2.19. The van der Waals surface area contributed by atoms with Crippen LogP contribution in [0.1, 0.15) is 12.5 Å². The van der Waals surface area contributed by atoms with Crippen molar-refractivity contribution in [2.45, 2.75) is 18.4 Å². The molecule has 0 saturated carbocycles. The van der Waals surface area contributed by atoms with Gasteiger partial charge in [0.25, 0.3) is 0 Å². The van der Waals surface area contributed by atoms with Crippen LogP contribution in [0.15, 0.2) is 47.4 Å². The van der Waals surface area contributed by atoms with E-state index in [0.717, 1.165) is 5.56 Å². The Morgan fingerprint density at radius 2 is 1.75 bits per heavy atom. The van der Waals surface area contributed by atoms with E-state index in [9.17, 15) is 13.2 Å². The van der Waals surface area contributed by atoms with Gasteiger partial charge in [-0.2, -0.15) is 4.31 Å². The molecule has 2 aromatic rings. The second-order valence-electron chi connectivity index (χ2n) is 5.82. The van der Waals surface area contributed by atoms with Crippen LogP contribution in [-0.4, -0.2) is 46.7 Å². The van der Waals surface area contributed by atoms with Gasteiger partial charge in [-0.15, -0.1) is 0 Å². The van der Waals surface area contributed by atoms with Crippen LogP contribution in [0, 0.1) is 0 Å². The molecule has 0 fully saturated rings. The first-order valence-electron chi connectivity index (χ1n) is 8.53. The van der Waals surface area contributed by atoms with Crippen molar-refractivity contribution in [3.8, 4) is 11.5 Å². The minimum Gasteiger partial charge on any atom is -0.497 e. The van der Waals surface area contributed by atoms with Crippen LogP contribution in [-0.2, 0) is 21.3 Å². The zero-order valence-electron chi connectivity index (χ0n) is 16.3. The van der Waals surface area contributed by atoms with Crippen molar-refractivity contribution in [3.63, 3.8) is 0 Å². The summed E-state index contributed by atoms with van der Waals surface area (Å²) in [6.07, 6.45) is -0.693. The van der Waals surface area contributed by atoms with Crippen LogP contribution in [0.2, 0.25) is 0 Å². The lowest BCUT2D eigenvalue weighted by Crippen LogP contribution is -2.26. The molecule has 0 spiro atoms. The number of carbonyl (C=O) groups excluding carboxylic acids is 1. The van der Waals surface area contributed by atoms with E-state index in [1.165, 1.54) is 36.7 Å². The van der Waals surface area contributed by atoms with Crippen LogP contribution in [0.5, 0.6) is 11.5 Å². The van der Waals surface area contributed by atoms with Crippen LogP contribution < -0.4 is 14.8 Å². The quantitative estimate of drug-likeness (QED) is 0.721. The number of nitrogens with one attached hydrogen (secondary N) is 1. The number of benzene rings is 2. The number of carbonyl (C=O) groups is 1. The van der Waals surface area contributed by atoms with Crippen molar-refractivity contribution in [2.24, 2.45) is 0 Å². The number of amides is 1. The summed E-state index contributed by atoms with van der Waals surface area (Å²) < 4.78 is 42.2. The highest BCUT2D eigenvalue weighted by Gasteiger charge is 2.23. The smallest absolute Gasteiger partial charge is 0.411 e. The fraction of sp³-hybridized carbons (Fsp3) is 0.316. The maximum absolute atomic E-state index is 12.9. The molecule has 0 atom stereocenters. The predicted octanol–water partition coefficient (Wildman–Crippen LogP) is 3.09. The summed E-state index contributed by atoms with van der Waals surface area (Å²) in [4.78, 5) is 11.7.